The Labute approximate surface area is 121 Å². The zero-order valence-electron chi connectivity index (χ0n) is 10.8. The van der Waals surface area contributed by atoms with Gasteiger partial charge in [0, 0.05) is 17.4 Å². The molecule has 0 spiro atoms. The number of hydrogen-bond donors (Lipinski definition) is 2. The molecule has 0 aliphatic rings. The molecular formula is C12H12ClN3O3S. The molecule has 0 saturated heterocycles. The molecule has 0 fully saturated rings. The summed E-state index contributed by atoms with van der Waals surface area (Å²) < 4.78 is 23.1. The number of anilines is 1. The Morgan fingerprint density at radius 3 is 2.65 bits per heavy atom. The zero-order chi connectivity index (χ0) is 14.9. The minimum atomic E-state index is -3.49. The third-order valence-electron chi connectivity index (χ3n) is 2.66. The number of nitrogens with zero attached hydrogens (tertiary/aromatic N) is 1. The number of halogens is 1. The van der Waals surface area contributed by atoms with Crippen molar-refractivity contribution in [3.63, 3.8) is 0 Å². The second kappa shape index (κ2) is 5.26. The second-order valence-corrected chi connectivity index (χ2v) is 6.69. The number of nitrogens with one attached hydrogen (secondary N) is 2. The van der Waals surface area contributed by atoms with Crippen molar-refractivity contribution < 1.29 is 13.2 Å². The molecule has 0 unspecified atom stereocenters. The van der Waals surface area contributed by atoms with Crippen LogP contribution in [0.15, 0.2) is 29.3 Å². The molecule has 20 heavy (non-hydrogen) atoms. The SMILES string of the molecule is Cc1cn[nH]c1NC(=O)c1ccc(Cl)c(S(C)(=O)=O)c1. The lowest BCUT2D eigenvalue weighted by Crippen LogP contribution is -2.14. The largest absolute Gasteiger partial charge is 0.307 e. The van der Waals surface area contributed by atoms with Crippen molar-refractivity contribution in [1.29, 1.82) is 0 Å². The molecule has 0 radical (unpaired) electrons. The van der Waals surface area contributed by atoms with E-state index in [1.54, 1.807) is 13.1 Å². The number of carbonyl (C=O) groups is 1. The predicted octanol–water partition coefficient (Wildman–Crippen LogP) is 2.03. The van der Waals surface area contributed by atoms with Crippen molar-refractivity contribution in [2.24, 2.45) is 0 Å². The monoisotopic (exact) mass is 313 g/mol. The molecule has 0 aliphatic carbocycles. The molecule has 1 aromatic heterocycles. The Morgan fingerprint density at radius 2 is 2.10 bits per heavy atom. The Kier molecular flexibility index (Phi) is 3.82. The first-order valence-corrected chi connectivity index (χ1v) is 7.87. The van der Waals surface area contributed by atoms with Crippen LogP contribution in [0.4, 0.5) is 5.82 Å². The average molecular weight is 314 g/mol. The second-order valence-electron chi connectivity index (χ2n) is 4.30. The van der Waals surface area contributed by atoms with Gasteiger partial charge in [-0.3, -0.25) is 9.89 Å². The lowest BCUT2D eigenvalue weighted by atomic mass is 10.2. The number of hydrogen-bond acceptors (Lipinski definition) is 4. The number of rotatable bonds is 3. The van der Waals surface area contributed by atoms with Crippen molar-refractivity contribution >= 4 is 33.2 Å². The summed E-state index contributed by atoms with van der Waals surface area (Å²) >= 11 is 5.83. The summed E-state index contributed by atoms with van der Waals surface area (Å²) in [6.45, 7) is 1.78. The number of aromatic nitrogens is 2. The standard InChI is InChI=1S/C12H12ClN3O3S/c1-7-6-14-16-11(7)15-12(17)8-3-4-9(13)10(5-8)20(2,18)19/h3-6H,1-2H3,(H2,14,15,16,17). The maximum Gasteiger partial charge on any atom is 0.256 e. The fraction of sp³-hybridized carbons (Fsp3) is 0.167. The molecule has 2 aromatic rings. The van der Waals surface area contributed by atoms with Gasteiger partial charge >= 0.3 is 0 Å². The quantitative estimate of drug-likeness (QED) is 0.907. The first kappa shape index (κ1) is 14.5. The lowest BCUT2D eigenvalue weighted by Gasteiger charge is -2.07. The number of aryl methyl sites for hydroxylation is 1. The molecule has 0 aliphatic heterocycles. The maximum absolute atomic E-state index is 12.1. The molecule has 1 aromatic carbocycles. The van der Waals surface area contributed by atoms with Crippen LogP contribution in [0.2, 0.25) is 5.02 Å². The highest BCUT2D eigenvalue weighted by atomic mass is 35.5. The summed E-state index contributed by atoms with van der Waals surface area (Å²) in [7, 11) is -3.49. The van der Waals surface area contributed by atoms with Gasteiger partial charge in [-0.1, -0.05) is 11.6 Å². The van der Waals surface area contributed by atoms with Crippen LogP contribution < -0.4 is 5.32 Å². The Bertz CT molecular complexity index is 768. The molecule has 8 heteroatoms. The number of sulfone groups is 1. The van der Waals surface area contributed by atoms with Crippen molar-refractivity contribution in [2.45, 2.75) is 11.8 Å². The van der Waals surface area contributed by atoms with E-state index < -0.39 is 15.7 Å². The summed E-state index contributed by atoms with van der Waals surface area (Å²) in [6.07, 6.45) is 2.61. The van der Waals surface area contributed by atoms with Crippen LogP contribution in [0.3, 0.4) is 0 Å². The van der Waals surface area contributed by atoms with Crippen LogP contribution in [-0.4, -0.2) is 30.8 Å². The topological polar surface area (TPSA) is 91.9 Å². The number of H-pyrrole nitrogens is 1. The van der Waals surface area contributed by atoms with Gasteiger partial charge in [0.2, 0.25) is 0 Å². The molecule has 6 nitrogen and oxygen atoms in total. The van der Waals surface area contributed by atoms with E-state index >= 15 is 0 Å². The van der Waals surface area contributed by atoms with Gasteiger partial charge in [-0.2, -0.15) is 5.10 Å². The normalized spacial score (nSPS) is 11.3. The van der Waals surface area contributed by atoms with Gasteiger partial charge in [0.1, 0.15) is 5.82 Å². The molecule has 2 N–H and O–H groups in total. The Balaban J connectivity index is 2.34. The van der Waals surface area contributed by atoms with Gasteiger partial charge in [0.25, 0.3) is 5.91 Å². The minimum Gasteiger partial charge on any atom is -0.307 e. The van der Waals surface area contributed by atoms with Gasteiger partial charge in [0.05, 0.1) is 16.1 Å². The number of amides is 1. The molecule has 1 heterocycles. The molecular weight excluding hydrogens is 302 g/mol. The van der Waals surface area contributed by atoms with E-state index in [4.69, 9.17) is 11.6 Å². The number of carbonyl (C=O) groups excluding carboxylic acids is 1. The van der Waals surface area contributed by atoms with E-state index in [1.807, 2.05) is 0 Å². The van der Waals surface area contributed by atoms with Crippen LogP contribution in [0.1, 0.15) is 15.9 Å². The molecule has 0 bridgehead atoms. The van der Waals surface area contributed by atoms with Gasteiger partial charge < -0.3 is 5.32 Å². The van der Waals surface area contributed by atoms with Crippen LogP contribution in [0, 0.1) is 6.92 Å². The van der Waals surface area contributed by atoms with Crippen LogP contribution in [0.25, 0.3) is 0 Å². The molecule has 0 atom stereocenters. The average Bonchev–Trinajstić information content (AvgIpc) is 2.74. The van der Waals surface area contributed by atoms with Gasteiger partial charge in [-0.15, -0.1) is 0 Å². The van der Waals surface area contributed by atoms with E-state index in [2.05, 4.69) is 15.5 Å². The first-order chi connectivity index (χ1) is 9.29. The predicted molar refractivity (Wildman–Crippen MR) is 75.8 cm³/mol. The van der Waals surface area contributed by atoms with Gasteiger partial charge in [-0.25, -0.2) is 8.42 Å². The molecule has 0 saturated carbocycles. The highest BCUT2D eigenvalue weighted by molar-refractivity contribution is 7.90. The summed E-state index contributed by atoms with van der Waals surface area (Å²) in [5.41, 5.74) is 0.972. The third-order valence-corrected chi connectivity index (χ3v) is 4.24. The summed E-state index contributed by atoms with van der Waals surface area (Å²) in [6, 6.07) is 4.09. The highest BCUT2D eigenvalue weighted by Gasteiger charge is 2.16. The minimum absolute atomic E-state index is 0.0758. The van der Waals surface area contributed by atoms with Crippen LogP contribution in [0.5, 0.6) is 0 Å². The van der Waals surface area contributed by atoms with Crippen LogP contribution in [-0.2, 0) is 9.84 Å². The first-order valence-electron chi connectivity index (χ1n) is 5.60. The van der Waals surface area contributed by atoms with E-state index in [0.717, 1.165) is 11.8 Å². The van der Waals surface area contributed by atoms with Crippen molar-refractivity contribution in [3.05, 3.63) is 40.5 Å². The Hall–Kier alpha value is -1.86. The lowest BCUT2D eigenvalue weighted by molar-refractivity contribution is 0.102. The smallest absolute Gasteiger partial charge is 0.256 e. The number of aromatic amines is 1. The number of benzene rings is 1. The zero-order valence-corrected chi connectivity index (χ0v) is 12.3. The molecule has 2 rings (SSSR count). The van der Waals surface area contributed by atoms with Crippen molar-refractivity contribution in [3.8, 4) is 0 Å². The Morgan fingerprint density at radius 1 is 1.40 bits per heavy atom. The summed E-state index contributed by atoms with van der Waals surface area (Å²) in [4.78, 5) is 12.0. The summed E-state index contributed by atoms with van der Waals surface area (Å²) in [5.74, 6) is 0.0183. The van der Waals surface area contributed by atoms with E-state index in [-0.39, 0.29) is 15.5 Å². The van der Waals surface area contributed by atoms with Gasteiger partial charge in [-0.05, 0) is 25.1 Å². The van der Waals surface area contributed by atoms with Crippen LogP contribution >= 0.6 is 11.6 Å². The summed E-state index contributed by atoms with van der Waals surface area (Å²) in [5, 5.41) is 9.11. The van der Waals surface area contributed by atoms with Crippen molar-refractivity contribution in [1.82, 2.24) is 10.2 Å². The fourth-order valence-electron chi connectivity index (χ4n) is 1.59. The van der Waals surface area contributed by atoms with E-state index in [1.165, 1.54) is 18.2 Å². The fourth-order valence-corrected chi connectivity index (χ4v) is 2.89. The molecule has 1 amide bonds. The maximum atomic E-state index is 12.1. The van der Waals surface area contributed by atoms with E-state index in [9.17, 15) is 13.2 Å². The highest BCUT2D eigenvalue weighted by Crippen LogP contribution is 2.23. The third kappa shape index (κ3) is 3.00. The van der Waals surface area contributed by atoms with Gasteiger partial charge in [0.15, 0.2) is 9.84 Å². The molecule has 106 valence electrons. The van der Waals surface area contributed by atoms with E-state index in [0.29, 0.717) is 5.82 Å². The van der Waals surface area contributed by atoms with Crippen molar-refractivity contribution in [2.75, 3.05) is 11.6 Å².